The summed E-state index contributed by atoms with van der Waals surface area (Å²) in [5, 5.41) is 11.3. The van der Waals surface area contributed by atoms with Crippen LogP contribution in [0.5, 0.6) is 5.75 Å². The maximum Gasteiger partial charge on any atom is 0.309 e. The lowest BCUT2D eigenvalue weighted by Gasteiger charge is -2.51. The number of ether oxygens (including phenoxy) is 3. The Morgan fingerprint density at radius 1 is 1.23 bits per heavy atom. The SMILES string of the molecule is O=C(OCc1cc([N+](=O)[O-])cc2c1OCOC2)C1C[C@H]2CCC[C@@H](C1)C21SCCS1. The van der Waals surface area contributed by atoms with Gasteiger partial charge in [-0.2, -0.15) is 0 Å². The number of thioether (sulfide) groups is 2. The van der Waals surface area contributed by atoms with Gasteiger partial charge in [-0.25, -0.2) is 0 Å². The molecule has 2 heterocycles. The number of benzene rings is 1. The number of nitro groups is 1. The Morgan fingerprint density at radius 2 is 1.97 bits per heavy atom. The standard InChI is InChI=1S/C21H25NO6S2/c23-20(13-6-16-2-1-3-17(7-13)21(16)29-4-5-30-21)27-11-15-9-18(22(24)25)8-14-10-26-12-28-19(14)15/h8-9,13,16-17H,1-7,10-12H2/t13?,16-,17+. The zero-order valence-electron chi connectivity index (χ0n) is 16.7. The van der Waals surface area contributed by atoms with E-state index in [-0.39, 0.29) is 37.6 Å². The second kappa shape index (κ2) is 8.24. The second-order valence-electron chi connectivity index (χ2n) is 8.48. The van der Waals surface area contributed by atoms with Crippen LogP contribution in [0.25, 0.3) is 0 Å². The third-order valence-corrected chi connectivity index (χ3v) is 10.8. The van der Waals surface area contributed by atoms with Gasteiger partial charge in [0, 0.05) is 34.8 Å². The molecule has 1 aromatic carbocycles. The lowest BCUT2D eigenvalue weighted by molar-refractivity contribution is -0.385. The smallest absolute Gasteiger partial charge is 0.309 e. The van der Waals surface area contributed by atoms with E-state index < -0.39 is 4.92 Å². The fraction of sp³-hybridized carbons (Fsp3) is 0.667. The summed E-state index contributed by atoms with van der Waals surface area (Å²) in [6, 6.07) is 2.90. The van der Waals surface area contributed by atoms with E-state index in [2.05, 4.69) is 23.5 Å². The molecular formula is C21H25NO6S2. The van der Waals surface area contributed by atoms with Crippen molar-refractivity contribution in [3.05, 3.63) is 33.4 Å². The summed E-state index contributed by atoms with van der Waals surface area (Å²) in [6.07, 6.45) is 5.46. The Bertz CT molecular complexity index is 840. The van der Waals surface area contributed by atoms with Crippen LogP contribution in [-0.2, 0) is 27.5 Å². The first kappa shape index (κ1) is 20.5. The quantitative estimate of drug-likeness (QED) is 0.375. The van der Waals surface area contributed by atoms with Crippen LogP contribution in [0.2, 0.25) is 0 Å². The van der Waals surface area contributed by atoms with Crippen molar-refractivity contribution in [3.63, 3.8) is 0 Å². The first-order chi connectivity index (χ1) is 14.6. The van der Waals surface area contributed by atoms with Crippen molar-refractivity contribution in [2.45, 2.75) is 49.4 Å². The van der Waals surface area contributed by atoms with Gasteiger partial charge in [0.2, 0.25) is 0 Å². The highest BCUT2D eigenvalue weighted by Gasteiger charge is 2.55. The molecule has 0 aromatic heterocycles. The molecule has 0 N–H and O–H groups in total. The molecule has 0 amide bonds. The lowest BCUT2D eigenvalue weighted by atomic mass is 9.67. The summed E-state index contributed by atoms with van der Waals surface area (Å²) in [6.45, 7) is 0.333. The van der Waals surface area contributed by atoms with E-state index >= 15 is 0 Å². The monoisotopic (exact) mass is 451 g/mol. The predicted molar refractivity (Wildman–Crippen MR) is 114 cm³/mol. The number of fused-ring (bicyclic) bond motifs is 1. The molecule has 5 rings (SSSR count). The number of rotatable bonds is 4. The Morgan fingerprint density at radius 3 is 2.67 bits per heavy atom. The Hall–Kier alpha value is -1.45. The summed E-state index contributed by atoms with van der Waals surface area (Å²) in [7, 11) is 0. The first-order valence-electron chi connectivity index (χ1n) is 10.5. The van der Waals surface area contributed by atoms with Crippen molar-refractivity contribution in [1.29, 1.82) is 0 Å². The molecule has 30 heavy (non-hydrogen) atoms. The number of carbonyl (C=O) groups is 1. The van der Waals surface area contributed by atoms with Crippen LogP contribution in [0.1, 0.15) is 43.2 Å². The zero-order valence-corrected chi connectivity index (χ0v) is 18.3. The summed E-state index contributed by atoms with van der Waals surface area (Å²) in [4.78, 5) is 23.8. The molecule has 1 aromatic rings. The average Bonchev–Trinajstić information content (AvgIpc) is 3.20. The van der Waals surface area contributed by atoms with Crippen LogP contribution in [0.4, 0.5) is 5.69 Å². The molecule has 2 saturated carbocycles. The molecule has 7 nitrogen and oxygen atoms in total. The van der Waals surface area contributed by atoms with E-state index in [0.29, 0.717) is 32.8 Å². The van der Waals surface area contributed by atoms with Crippen molar-refractivity contribution >= 4 is 35.2 Å². The topological polar surface area (TPSA) is 87.9 Å². The molecule has 2 aliphatic heterocycles. The number of hydrogen-bond acceptors (Lipinski definition) is 8. The normalized spacial score (nSPS) is 29.1. The van der Waals surface area contributed by atoms with Gasteiger partial charge in [0.1, 0.15) is 12.4 Å². The molecule has 1 unspecified atom stereocenters. The van der Waals surface area contributed by atoms with Gasteiger partial charge in [-0.15, -0.1) is 23.5 Å². The van der Waals surface area contributed by atoms with E-state index in [4.69, 9.17) is 14.2 Å². The summed E-state index contributed by atoms with van der Waals surface area (Å²) in [5.41, 5.74) is 1.11. The van der Waals surface area contributed by atoms with E-state index in [1.54, 1.807) is 0 Å². The third-order valence-electron chi connectivity index (χ3n) is 6.81. The second-order valence-corrected chi connectivity index (χ2v) is 11.5. The van der Waals surface area contributed by atoms with Crippen LogP contribution in [0.15, 0.2) is 12.1 Å². The Labute approximate surface area is 183 Å². The van der Waals surface area contributed by atoms with Gasteiger partial charge in [0.15, 0.2) is 6.79 Å². The molecule has 1 spiro atoms. The van der Waals surface area contributed by atoms with Crippen LogP contribution in [0.3, 0.4) is 0 Å². The molecule has 9 heteroatoms. The highest BCUT2D eigenvalue weighted by atomic mass is 32.2. The van der Waals surface area contributed by atoms with Gasteiger partial charge in [-0.1, -0.05) is 6.42 Å². The Balaban J connectivity index is 1.29. The molecule has 2 bridgehead atoms. The van der Waals surface area contributed by atoms with Gasteiger partial charge < -0.3 is 14.2 Å². The number of hydrogen-bond donors (Lipinski definition) is 0. The van der Waals surface area contributed by atoms with Crippen molar-refractivity contribution in [2.75, 3.05) is 18.3 Å². The maximum atomic E-state index is 13.0. The van der Waals surface area contributed by atoms with Crippen LogP contribution >= 0.6 is 23.5 Å². The van der Waals surface area contributed by atoms with Crippen LogP contribution in [0, 0.1) is 27.9 Å². The van der Waals surface area contributed by atoms with E-state index in [1.807, 2.05) is 0 Å². The van der Waals surface area contributed by atoms with Crippen molar-refractivity contribution < 1.29 is 23.9 Å². The van der Waals surface area contributed by atoms with Gasteiger partial charge in [-0.05, 0) is 37.5 Å². The average molecular weight is 452 g/mol. The maximum absolute atomic E-state index is 13.0. The van der Waals surface area contributed by atoms with E-state index in [9.17, 15) is 14.9 Å². The number of carbonyl (C=O) groups excluding carboxylic acids is 1. The lowest BCUT2D eigenvalue weighted by Crippen LogP contribution is -2.48. The number of non-ortho nitro benzene ring substituents is 1. The zero-order chi connectivity index (χ0) is 20.7. The first-order valence-corrected chi connectivity index (χ1v) is 12.5. The molecule has 1 saturated heterocycles. The molecule has 162 valence electrons. The number of nitro benzene ring substituents is 1. The van der Waals surface area contributed by atoms with Crippen LogP contribution in [-0.4, -0.2) is 33.3 Å². The summed E-state index contributed by atoms with van der Waals surface area (Å²) >= 11 is 4.24. The third kappa shape index (κ3) is 3.58. The van der Waals surface area contributed by atoms with E-state index in [1.165, 1.54) is 42.9 Å². The van der Waals surface area contributed by atoms with Crippen molar-refractivity contribution in [1.82, 2.24) is 0 Å². The summed E-state index contributed by atoms with van der Waals surface area (Å²) in [5.74, 6) is 3.87. The van der Waals surface area contributed by atoms with Gasteiger partial charge in [0.05, 0.1) is 21.5 Å². The highest BCUT2D eigenvalue weighted by Crippen LogP contribution is 2.64. The minimum Gasteiger partial charge on any atom is -0.467 e. The van der Waals surface area contributed by atoms with Gasteiger partial charge in [0.25, 0.3) is 5.69 Å². The number of esters is 1. The minimum absolute atomic E-state index is 0.0106. The minimum atomic E-state index is -0.446. The molecular weight excluding hydrogens is 426 g/mol. The van der Waals surface area contributed by atoms with Gasteiger partial charge >= 0.3 is 5.97 Å². The highest BCUT2D eigenvalue weighted by molar-refractivity contribution is 8.21. The van der Waals surface area contributed by atoms with Crippen LogP contribution < -0.4 is 4.74 Å². The molecule has 3 fully saturated rings. The van der Waals surface area contributed by atoms with Crippen molar-refractivity contribution in [3.8, 4) is 5.75 Å². The summed E-state index contributed by atoms with van der Waals surface area (Å²) < 4.78 is 16.8. The van der Waals surface area contributed by atoms with E-state index in [0.717, 1.165) is 12.8 Å². The molecule has 0 radical (unpaired) electrons. The number of nitrogens with zero attached hydrogens (tertiary/aromatic N) is 1. The molecule has 2 aliphatic carbocycles. The van der Waals surface area contributed by atoms with Gasteiger partial charge in [-0.3, -0.25) is 14.9 Å². The Kier molecular flexibility index (Phi) is 5.62. The predicted octanol–water partition coefficient (Wildman–Crippen LogP) is 4.51. The molecule has 3 atom stereocenters. The fourth-order valence-corrected chi connectivity index (χ4v) is 9.50. The molecule has 4 aliphatic rings. The largest absolute Gasteiger partial charge is 0.467 e. The fourth-order valence-electron chi connectivity index (χ4n) is 5.56. The van der Waals surface area contributed by atoms with Crippen molar-refractivity contribution in [2.24, 2.45) is 17.8 Å².